The van der Waals surface area contributed by atoms with Crippen LogP contribution in [0.4, 0.5) is 19.3 Å². The molecule has 2 aliphatic rings. The number of hydrogen-bond acceptors (Lipinski definition) is 3. The number of carbonyl (C=O) groups excluding carboxylic acids is 1. The molecule has 132 valence electrons. The van der Waals surface area contributed by atoms with Gasteiger partial charge in [-0.3, -0.25) is 0 Å². The maximum absolute atomic E-state index is 13.4. The van der Waals surface area contributed by atoms with Crippen molar-refractivity contribution in [3.63, 3.8) is 0 Å². The highest BCUT2D eigenvalue weighted by molar-refractivity contribution is 5.75. The van der Waals surface area contributed by atoms with Crippen molar-refractivity contribution >= 4 is 11.7 Å². The number of nitrogens with zero attached hydrogens (tertiary/aromatic N) is 2. The minimum absolute atomic E-state index is 0.0814. The number of piperazine rings is 1. The highest BCUT2D eigenvalue weighted by Crippen LogP contribution is 2.33. The first-order valence-corrected chi connectivity index (χ1v) is 8.40. The number of carbonyl (C=O) groups is 1. The van der Waals surface area contributed by atoms with Crippen molar-refractivity contribution in [2.45, 2.75) is 37.6 Å². The van der Waals surface area contributed by atoms with E-state index in [2.05, 4.69) is 10.2 Å². The molecule has 1 heterocycles. The van der Waals surface area contributed by atoms with Gasteiger partial charge in [0.05, 0.1) is 0 Å². The predicted octanol–water partition coefficient (Wildman–Crippen LogP) is 2.80. The fraction of sp³-hybridized carbons (Fsp3) is 0.588. The number of alkyl halides is 2. The topological polar surface area (TPSA) is 55.8 Å². The normalized spacial score (nSPS) is 23.8. The summed E-state index contributed by atoms with van der Waals surface area (Å²) in [6, 6.07) is 6.32. The molecule has 1 aliphatic heterocycles. The summed E-state index contributed by atoms with van der Waals surface area (Å²) < 4.78 is 26.9. The summed E-state index contributed by atoms with van der Waals surface area (Å²) >= 11 is 0. The molecule has 1 aliphatic carbocycles. The molecule has 24 heavy (non-hydrogen) atoms. The lowest BCUT2D eigenvalue weighted by molar-refractivity contribution is -0.0429. The highest BCUT2D eigenvalue weighted by atomic mass is 19.3. The van der Waals surface area contributed by atoms with E-state index in [-0.39, 0.29) is 24.6 Å². The van der Waals surface area contributed by atoms with Crippen LogP contribution in [0.1, 0.15) is 25.7 Å². The average molecular weight is 339 g/mol. The number of phenols is 1. The highest BCUT2D eigenvalue weighted by Gasteiger charge is 2.37. The molecule has 1 aromatic carbocycles. The molecular formula is C17H23F2N3O2. The quantitative estimate of drug-likeness (QED) is 0.871. The van der Waals surface area contributed by atoms with Crippen LogP contribution in [0, 0.1) is 0 Å². The number of urea groups is 1. The van der Waals surface area contributed by atoms with Gasteiger partial charge in [0.1, 0.15) is 5.75 Å². The van der Waals surface area contributed by atoms with Gasteiger partial charge in [0.25, 0.3) is 0 Å². The van der Waals surface area contributed by atoms with E-state index in [0.717, 1.165) is 5.69 Å². The van der Waals surface area contributed by atoms with Gasteiger partial charge in [-0.25, -0.2) is 13.6 Å². The van der Waals surface area contributed by atoms with E-state index in [0.29, 0.717) is 39.0 Å². The van der Waals surface area contributed by atoms with Gasteiger partial charge in [-0.05, 0) is 25.0 Å². The van der Waals surface area contributed by atoms with Crippen LogP contribution in [0.2, 0.25) is 0 Å². The second-order valence-corrected chi connectivity index (χ2v) is 6.59. The molecule has 5 nitrogen and oxygen atoms in total. The Morgan fingerprint density at radius 1 is 1.25 bits per heavy atom. The average Bonchev–Trinajstić information content (AvgIpc) is 2.54. The number of phenolic OH excluding ortho intramolecular Hbond substituents is 1. The summed E-state index contributed by atoms with van der Waals surface area (Å²) in [5.74, 6) is -2.45. The predicted molar refractivity (Wildman–Crippen MR) is 87.6 cm³/mol. The summed E-state index contributed by atoms with van der Waals surface area (Å²) in [4.78, 5) is 16.1. The van der Waals surface area contributed by atoms with Crippen molar-refractivity contribution < 1.29 is 18.7 Å². The summed E-state index contributed by atoms with van der Waals surface area (Å²) in [5, 5.41) is 12.3. The maximum Gasteiger partial charge on any atom is 0.317 e. The first-order chi connectivity index (χ1) is 11.4. The molecule has 7 heteroatoms. The van der Waals surface area contributed by atoms with Crippen molar-refractivity contribution in [2.24, 2.45) is 0 Å². The minimum Gasteiger partial charge on any atom is -0.508 e. The number of benzene rings is 1. The van der Waals surface area contributed by atoms with Crippen LogP contribution in [-0.4, -0.2) is 54.2 Å². The molecule has 0 bridgehead atoms. The molecule has 0 aromatic heterocycles. The zero-order valence-electron chi connectivity index (χ0n) is 13.5. The number of nitrogens with one attached hydrogen (secondary N) is 1. The molecule has 0 spiro atoms. The number of halogens is 2. The van der Waals surface area contributed by atoms with Crippen molar-refractivity contribution in [3.05, 3.63) is 24.3 Å². The molecular weight excluding hydrogens is 316 g/mol. The Hall–Kier alpha value is -2.05. The number of amides is 2. The first-order valence-electron chi connectivity index (χ1n) is 8.40. The lowest BCUT2D eigenvalue weighted by Gasteiger charge is -2.37. The van der Waals surface area contributed by atoms with Gasteiger partial charge < -0.3 is 20.2 Å². The van der Waals surface area contributed by atoms with Gasteiger partial charge in [0, 0.05) is 56.8 Å². The maximum atomic E-state index is 13.4. The lowest BCUT2D eigenvalue weighted by atomic mass is 9.92. The van der Waals surface area contributed by atoms with Gasteiger partial charge in [-0.15, -0.1) is 0 Å². The van der Waals surface area contributed by atoms with Gasteiger partial charge >= 0.3 is 6.03 Å². The van der Waals surface area contributed by atoms with Crippen LogP contribution in [0.15, 0.2) is 24.3 Å². The SMILES string of the molecule is O=C(NC1CCCC(F)(F)C1)N1CCN(c2cccc(O)c2)CC1. The fourth-order valence-electron chi connectivity index (χ4n) is 3.42. The van der Waals surface area contributed by atoms with E-state index >= 15 is 0 Å². The number of rotatable bonds is 2. The van der Waals surface area contributed by atoms with Crippen LogP contribution in [0.3, 0.4) is 0 Å². The minimum atomic E-state index is -2.66. The largest absolute Gasteiger partial charge is 0.508 e. The Labute approximate surface area is 140 Å². The molecule has 1 atom stereocenters. The first kappa shape index (κ1) is 16.8. The van der Waals surface area contributed by atoms with E-state index in [9.17, 15) is 18.7 Å². The van der Waals surface area contributed by atoms with Gasteiger partial charge in [-0.2, -0.15) is 0 Å². The van der Waals surface area contributed by atoms with Crippen LogP contribution < -0.4 is 10.2 Å². The van der Waals surface area contributed by atoms with E-state index in [1.807, 2.05) is 6.07 Å². The Morgan fingerprint density at radius 2 is 2.00 bits per heavy atom. The summed E-state index contributed by atoms with van der Waals surface area (Å²) in [5.41, 5.74) is 0.919. The van der Waals surface area contributed by atoms with Crippen molar-refractivity contribution in [1.82, 2.24) is 10.2 Å². The van der Waals surface area contributed by atoms with Crippen molar-refractivity contribution in [1.29, 1.82) is 0 Å². The summed E-state index contributed by atoms with van der Waals surface area (Å²) in [7, 11) is 0. The monoisotopic (exact) mass is 339 g/mol. The van der Waals surface area contributed by atoms with Crippen LogP contribution in [0.25, 0.3) is 0 Å². The number of anilines is 1. The Kier molecular flexibility index (Phi) is 4.78. The molecule has 1 aromatic rings. The second kappa shape index (κ2) is 6.83. The van der Waals surface area contributed by atoms with Crippen LogP contribution >= 0.6 is 0 Å². The van der Waals surface area contributed by atoms with E-state index in [1.165, 1.54) is 0 Å². The standard InChI is InChI=1S/C17H23F2N3O2/c18-17(19)6-2-3-13(12-17)20-16(24)22-9-7-21(8-10-22)14-4-1-5-15(23)11-14/h1,4-5,11,13,23H,2-3,6-10,12H2,(H,20,24). The zero-order chi connectivity index (χ0) is 17.2. The van der Waals surface area contributed by atoms with Crippen molar-refractivity contribution in [3.8, 4) is 5.75 Å². The number of aromatic hydroxyl groups is 1. The zero-order valence-corrected chi connectivity index (χ0v) is 13.5. The van der Waals surface area contributed by atoms with Crippen molar-refractivity contribution in [2.75, 3.05) is 31.1 Å². The molecule has 2 amide bonds. The van der Waals surface area contributed by atoms with Crippen LogP contribution in [-0.2, 0) is 0 Å². The lowest BCUT2D eigenvalue weighted by Crippen LogP contribution is -2.54. The molecule has 0 radical (unpaired) electrons. The number of hydrogen-bond donors (Lipinski definition) is 2. The molecule has 1 unspecified atom stereocenters. The summed E-state index contributed by atoms with van der Waals surface area (Å²) in [6.45, 7) is 2.37. The molecule has 2 fully saturated rings. The molecule has 2 N–H and O–H groups in total. The molecule has 3 rings (SSSR count). The Bertz CT molecular complexity index is 589. The third kappa shape index (κ3) is 4.07. The van der Waals surface area contributed by atoms with E-state index < -0.39 is 12.0 Å². The third-order valence-electron chi connectivity index (χ3n) is 4.73. The Morgan fingerprint density at radius 3 is 2.67 bits per heavy atom. The fourth-order valence-corrected chi connectivity index (χ4v) is 3.42. The third-order valence-corrected chi connectivity index (χ3v) is 4.73. The summed E-state index contributed by atoms with van der Waals surface area (Å²) in [6.07, 6.45) is 0.720. The molecule has 1 saturated heterocycles. The Balaban J connectivity index is 1.50. The second-order valence-electron chi connectivity index (χ2n) is 6.59. The van der Waals surface area contributed by atoms with Gasteiger partial charge in [0.2, 0.25) is 5.92 Å². The molecule has 1 saturated carbocycles. The van der Waals surface area contributed by atoms with Crippen LogP contribution in [0.5, 0.6) is 5.75 Å². The van der Waals surface area contributed by atoms with Gasteiger partial charge in [-0.1, -0.05) is 6.07 Å². The van der Waals surface area contributed by atoms with E-state index in [1.54, 1.807) is 23.1 Å². The van der Waals surface area contributed by atoms with E-state index in [4.69, 9.17) is 0 Å². The smallest absolute Gasteiger partial charge is 0.317 e. The van der Waals surface area contributed by atoms with Gasteiger partial charge in [0.15, 0.2) is 0 Å².